The highest BCUT2D eigenvalue weighted by molar-refractivity contribution is 7.85. The Morgan fingerprint density at radius 2 is 1.17 bits per heavy atom. The summed E-state index contributed by atoms with van der Waals surface area (Å²) in [6.07, 6.45) is 10.1. The van der Waals surface area contributed by atoms with Crippen molar-refractivity contribution in [3.05, 3.63) is 137 Å². The normalized spacial score (nSPS) is 11.3. The highest BCUT2D eigenvalue weighted by Gasteiger charge is 2.14. The van der Waals surface area contributed by atoms with E-state index in [1.165, 1.54) is 36.7 Å². The summed E-state index contributed by atoms with van der Waals surface area (Å²) in [5, 5.41) is 40.6. The highest BCUT2D eigenvalue weighted by Crippen LogP contribution is 2.29. The van der Waals surface area contributed by atoms with Crippen LogP contribution in [0.25, 0.3) is 22.5 Å². The van der Waals surface area contributed by atoms with Crippen molar-refractivity contribution in [2.24, 2.45) is 25.7 Å². The van der Waals surface area contributed by atoms with Crippen LogP contribution in [0.15, 0.2) is 115 Å². The molecule has 4 heterocycles. The van der Waals surface area contributed by atoms with Crippen molar-refractivity contribution in [1.29, 1.82) is 10.5 Å². The Morgan fingerprint density at radius 3 is 1.52 bits per heavy atom. The molecule has 340 valence electrons. The lowest BCUT2D eigenvalue weighted by Crippen LogP contribution is -2.09. The van der Waals surface area contributed by atoms with Gasteiger partial charge in [-0.1, -0.05) is 77.3 Å². The van der Waals surface area contributed by atoms with Crippen molar-refractivity contribution in [3.8, 4) is 34.7 Å². The summed E-state index contributed by atoms with van der Waals surface area (Å²) in [7, 11) is -0.392. The molecule has 0 saturated heterocycles. The first kappa shape index (κ1) is 51.0. The second-order valence-electron chi connectivity index (χ2n) is 14.2. The predicted octanol–water partition coefficient (Wildman–Crippen LogP) is 8.08. The van der Waals surface area contributed by atoms with E-state index in [-0.39, 0.29) is 34.6 Å². The number of hydrogen-bond donors (Lipinski definition) is 5. The van der Waals surface area contributed by atoms with Crippen LogP contribution >= 0.6 is 23.2 Å². The molecule has 0 aliphatic rings. The lowest BCUT2D eigenvalue weighted by Gasteiger charge is -2.08. The van der Waals surface area contributed by atoms with E-state index in [1.807, 2.05) is 21.0 Å². The van der Waals surface area contributed by atoms with Gasteiger partial charge in [-0.25, -0.2) is 24.7 Å². The zero-order valence-corrected chi connectivity index (χ0v) is 38.3. The number of carboxylic acids is 1. The van der Waals surface area contributed by atoms with Crippen LogP contribution in [0.3, 0.4) is 0 Å². The molecule has 4 aromatic heterocycles. The average molecular weight is 953 g/mol. The number of nitriles is 2. The van der Waals surface area contributed by atoms with Crippen LogP contribution < -0.4 is 16.4 Å². The zero-order chi connectivity index (χ0) is 48.6. The van der Waals surface area contributed by atoms with Crippen molar-refractivity contribution in [2.45, 2.75) is 38.1 Å². The summed E-state index contributed by atoms with van der Waals surface area (Å²) in [6, 6.07) is 22.9. The molecule has 6 N–H and O–H groups in total. The van der Waals surface area contributed by atoms with Crippen LogP contribution in [0.2, 0.25) is 10.0 Å². The summed E-state index contributed by atoms with van der Waals surface area (Å²) in [5.74, 6) is -0.590. The molecule has 19 nitrogen and oxygen atoms in total. The molecule has 0 aliphatic heterocycles. The van der Waals surface area contributed by atoms with Gasteiger partial charge in [0.05, 0.1) is 92.2 Å². The fourth-order valence-electron chi connectivity index (χ4n) is 5.23. The maximum atomic E-state index is 12.2. The second-order valence-corrected chi connectivity index (χ2v) is 16.4. The maximum Gasteiger partial charge on any atom is 0.335 e. The molecule has 22 heteroatoms. The Kier molecular flexibility index (Phi) is 18.5. The van der Waals surface area contributed by atoms with Gasteiger partial charge < -0.3 is 21.5 Å². The van der Waals surface area contributed by atoms with E-state index in [0.717, 1.165) is 22.5 Å². The van der Waals surface area contributed by atoms with Crippen LogP contribution in [-0.2, 0) is 24.2 Å². The number of halogens is 2. The number of nitrogens with one attached hydrogen (secondary N) is 2. The predicted molar refractivity (Wildman–Crippen MR) is 249 cm³/mol. The van der Waals surface area contributed by atoms with Gasteiger partial charge in [0, 0.05) is 49.6 Å². The molecule has 2 atom stereocenters. The molecule has 7 rings (SSSR count). The van der Waals surface area contributed by atoms with Crippen molar-refractivity contribution < 1.29 is 27.7 Å². The second kappa shape index (κ2) is 23.9. The number of rotatable bonds is 11. The van der Waals surface area contributed by atoms with Gasteiger partial charge >= 0.3 is 5.97 Å². The van der Waals surface area contributed by atoms with Gasteiger partial charge in [0.1, 0.15) is 0 Å². The van der Waals surface area contributed by atoms with Crippen LogP contribution in [0, 0.1) is 35.5 Å². The van der Waals surface area contributed by atoms with E-state index < -0.39 is 16.1 Å². The van der Waals surface area contributed by atoms with Crippen LogP contribution in [0.5, 0.6) is 0 Å². The summed E-state index contributed by atoms with van der Waals surface area (Å²) >= 11 is 12.4. The summed E-state index contributed by atoms with van der Waals surface area (Å²) in [4.78, 5) is 40.2. The molecule has 0 amide bonds. The van der Waals surface area contributed by atoms with E-state index in [0.29, 0.717) is 44.5 Å². The minimum absolute atomic E-state index is 0.0664. The quantitative estimate of drug-likeness (QED) is 0.0604. The van der Waals surface area contributed by atoms with Gasteiger partial charge in [-0.15, -0.1) is 0 Å². The topological polar surface area (TPSA) is 294 Å². The van der Waals surface area contributed by atoms with Gasteiger partial charge in [0.25, 0.3) is 10.1 Å². The largest absolute Gasteiger partial charge is 0.478 e. The number of benzene rings is 3. The third-order valence-corrected chi connectivity index (χ3v) is 9.95. The summed E-state index contributed by atoms with van der Waals surface area (Å²) in [5.41, 5.74) is 10.7. The Bertz CT molecular complexity index is 2950. The van der Waals surface area contributed by atoms with E-state index in [2.05, 4.69) is 46.8 Å². The molecule has 0 saturated carbocycles. The molecule has 0 bridgehead atoms. The molecule has 0 fully saturated rings. The van der Waals surface area contributed by atoms with Gasteiger partial charge in [-0.05, 0) is 45.0 Å². The van der Waals surface area contributed by atoms with E-state index in [4.69, 9.17) is 49.1 Å². The number of aromatic nitrogens is 8. The molecule has 0 radical (unpaired) electrons. The molecule has 0 unspecified atom stereocenters. The van der Waals surface area contributed by atoms with Gasteiger partial charge in [0.2, 0.25) is 11.9 Å². The number of nitrogens with two attached hydrogens (primary N) is 1. The van der Waals surface area contributed by atoms with Crippen LogP contribution in [0.1, 0.15) is 46.5 Å². The first-order valence-corrected chi connectivity index (χ1v) is 21.6. The van der Waals surface area contributed by atoms with E-state index in [1.54, 1.807) is 103 Å². The van der Waals surface area contributed by atoms with Crippen LogP contribution in [-0.4, -0.2) is 75.4 Å². The monoisotopic (exact) mass is 951 g/mol. The van der Waals surface area contributed by atoms with Crippen LogP contribution in [0.4, 0.5) is 23.3 Å². The Hall–Kier alpha value is -7.59. The lowest BCUT2D eigenvalue weighted by molar-refractivity contribution is 0.0696. The first-order chi connectivity index (χ1) is 31.3. The fourth-order valence-corrected chi connectivity index (χ4v) is 6.11. The lowest BCUT2D eigenvalue weighted by atomic mass is 9.99. The number of aryl methyl sites for hydroxylation is 3. The molecule has 0 spiro atoms. The number of carbonyl (C=O) groups is 2. The maximum absolute atomic E-state index is 12.2. The fraction of sp³-hybridized carbons (Fsp3) is 0.182. The minimum atomic E-state index is -4.02. The minimum Gasteiger partial charge on any atom is -0.478 e. The third kappa shape index (κ3) is 15.9. The van der Waals surface area contributed by atoms with E-state index in [9.17, 15) is 18.0 Å². The first-order valence-electron chi connectivity index (χ1n) is 19.4. The van der Waals surface area contributed by atoms with Crippen molar-refractivity contribution in [3.63, 3.8) is 0 Å². The van der Waals surface area contributed by atoms with Gasteiger partial charge in [-0.3, -0.25) is 18.7 Å². The highest BCUT2D eigenvalue weighted by atomic mass is 35.5. The Morgan fingerprint density at radius 1 is 0.742 bits per heavy atom. The number of hydrogen-bond acceptors (Lipinski definition) is 15. The Balaban J connectivity index is 0.000000219. The molecule has 66 heavy (non-hydrogen) atoms. The number of anilines is 4. The third-order valence-electron chi connectivity index (χ3n) is 8.53. The van der Waals surface area contributed by atoms with Crippen molar-refractivity contribution in [1.82, 2.24) is 39.5 Å². The molecule has 7 aromatic rings. The average Bonchev–Trinajstić information content (AvgIpc) is 3.91. The van der Waals surface area contributed by atoms with E-state index >= 15 is 0 Å². The van der Waals surface area contributed by atoms with Crippen molar-refractivity contribution >= 4 is 68.3 Å². The number of aromatic carboxylic acids is 1. The zero-order valence-electron chi connectivity index (χ0n) is 36.0. The summed E-state index contributed by atoms with van der Waals surface area (Å²) in [6.45, 7) is 5.21. The molecular weight excluding hydrogens is 910 g/mol. The molecule has 0 aliphatic carbocycles. The SMILES string of the molecule is C[C@@H](N)C#N.C[C@H](C#N)CC(=O)c1ccc(-c2nc(Nc3cnn(C)c3)ncc2Cl)cc1.Cc1ccc(S(=O)(=O)O)cc1.Cn1cc(Nc2ncc(Cl)c(-c3ccc(C(=O)O)cc3)n2)cn1. The number of carboxylic acid groups (broad SMARTS) is 1. The number of nitrogens with zero attached hydrogens (tertiary/aromatic N) is 10. The van der Waals surface area contributed by atoms with Crippen molar-refractivity contribution in [2.75, 3.05) is 10.6 Å². The number of Topliss-reactive ketones (excluding diaryl/α,β-unsaturated/α-hetero) is 1. The molecule has 3 aromatic carbocycles. The molecular formula is C44H43Cl2N13O6S. The standard InChI is InChI=1S/C19H17ClN6O.C15H12ClN5O2.C7H8O3S.C3H6N2/c1-12(8-21)7-17(27)13-3-5-14(6-4-13)18-16(20)10-22-19(25-18)24-15-9-23-26(2)11-15;1-21-8-11(6-18-21)19-15-17-7-12(16)13(20-15)9-2-4-10(5-3-9)14(22)23;1-6-2-4-7(5-3-6)11(8,9)10;1-3(5)2-4/h3-6,9-12H,7H2,1-2H3,(H,22,24,25);2-8H,1H3,(H,22,23)(H,17,19,20);2-5H,1H3,(H,8,9,10);3H,5H2,1H3/t12-;;;3-/m0..1/s1. The smallest absolute Gasteiger partial charge is 0.335 e. The van der Waals surface area contributed by atoms with Gasteiger partial charge in [0.15, 0.2) is 5.78 Å². The number of ketones is 1. The van der Waals surface area contributed by atoms with Gasteiger partial charge in [-0.2, -0.15) is 29.1 Å². The Labute approximate surface area is 390 Å². The summed E-state index contributed by atoms with van der Waals surface area (Å²) < 4.78 is 32.9. The number of carbonyl (C=O) groups excluding carboxylic acids is 1.